The number of nitrogens with zero attached hydrogens (tertiary/aromatic N) is 2. The first-order valence-electron chi connectivity index (χ1n) is 9.69. The third kappa shape index (κ3) is 5.28. The first-order chi connectivity index (χ1) is 14.7. The predicted octanol–water partition coefficient (Wildman–Crippen LogP) is 1.07. The normalized spacial score (nSPS) is 14.0. The Labute approximate surface area is 181 Å². The third-order valence-electron chi connectivity index (χ3n) is 4.88. The molecule has 0 atom stereocenters. The maximum atomic E-state index is 12.3. The minimum Gasteiger partial charge on any atom is -0.312 e. The van der Waals surface area contributed by atoms with E-state index in [1.807, 2.05) is 0 Å². The van der Waals surface area contributed by atoms with Crippen LogP contribution in [0.1, 0.15) is 28.8 Å². The van der Waals surface area contributed by atoms with Gasteiger partial charge in [0.15, 0.2) is 0 Å². The highest BCUT2D eigenvalue weighted by Gasteiger charge is 2.21. The van der Waals surface area contributed by atoms with Crippen molar-refractivity contribution in [3.05, 3.63) is 59.7 Å². The van der Waals surface area contributed by atoms with E-state index in [1.165, 1.54) is 38.4 Å². The van der Waals surface area contributed by atoms with Crippen molar-refractivity contribution < 1.29 is 22.8 Å². The fraction of sp³-hybridized carbons (Fsp3) is 0.286. The van der Waals surface area contributed by atoms with Gasteiger partial charge in [-0.1, -0.05) is 18.2 Å². The van der Waals surface area contributed by atoms with Gasteiger partial charge in [0.25, 0.3) is 5.91 Å². The van der Waals surface area contributed by atoms with Gasteiger partial charge < -0.3 is 4.90 Å². The Bertz CT molecular complexity index is 1100. The summed E-state index contributed by atoms with van der Waals surface area (Å²) in [5.74, 6) is -0.974. The number of sulfonamides is 1. The first-order valence-corrected chi connectivity index (χ1v) is 11.1. The van der Waals surface area contributed by atoms with Crippen LogP contribution in [-0.4, -0.2) is 51.1 Å². The molecular formula is C21H24N4O5S. The number of benzene rings is 2. The Hall–Kier alpha value is -3.24. The molecule has 0 radical (unpaired) electrons. The lowest BCUT2D eigenvalue weighted by Crippen LogP contribution is -2.42. The van der Waals surface area contributed by atoms with Crippen LogP contribution < -0.4 is 15.8 Å². The van der Waals surface area contributed by atoms with Crippen molar-refractivity contribution in [2.45, 2.75) is 24.2 Å². The molecule has 9 nitrogen and oxygen atoms in total. The molecule has 0 saturated carbocycles. The monoisotopic (exact) mass is 444 g/mol. The van der Waals surface area contributed by atoms with Crippen molar-refractivity contribution in [3.63, 3.8) is 0 Å². The molecule has 0 aliphatic carbocycles. The zero-order valence-electron chi connectivity index (χ0n) is 17.3. The summed E-state index contributed by atoms with van der Waals surface area (Å²) in [6.45, 7) is 0.696. The largest absolute Gasteiger partial charge is 0.312 e. The highest BCUT2D eigenvalue weighted by molar-refractivity contribution is 7.89. The number of amides is 3. The van der Waals surface area contributed by atoms with Crippen LogP contribution in [0.2, 0.25) is 0 Å². The SMILES string of the molecule is CN(C)S(=O)(=O)c1cccc(C(=O)NNC(=O)Cc2ccc(N3CCCC3=O)cc2)c1. The van der Waals surface area contributed by atoms with Crippen LogP contribution in [0.25, 0.3) is 0 Å². The summed E-state index contributed by atoms with van der Waals surface area (Å²) in [4.78, 5) is 38.0. The van der Waals surface area contributed by atoms with Gasteiger partial charge in [-0.3, -0.25) is 25.2 Å². The fourth-order valence-electron chi connectivity index (χ4n) is 3.15. The minimum atomic E-state index is -3.68. The summed E-state index contributed by atoms with van der Waals surface area (Å²) in [6, 6.07) is 12.7. The average Bonchev–Trinajstić information content (AvgIpc) is 3.18. The second kappa shape index (κ2) is 9.27. The van der Waals surface area contributed by atoms with Gasteiger partial charge in [-0.25, -0.2) is 12.7 Å². The number of nitrogens with one attached hydrogen (secondary N) is 2. The van der Waals surface area contributed by atoms with Crippen LogP contribution in [0.15, 0.2) is 53.4 Å². The van der Waals surface area contributed by atoms with Crippen LogP contribution in [-0.2, 0) is 26.0 Å². The molecule has 0 unspecified atom stereocenters. The molecule has 1 fully saturated rings. The Morgan fingerprint density at radius 2 is 1.77 bits per heavy atom. The lowest BCUT2D eigenvalue weighted by atomic mass is 10.1. The maximum Gasteiger partial charge on any atom is 0.269 e. The lowest BCUT2D eigenvalue weighted by Gasteiger charge is -2.16. The Morgan fingerprint density at radius 3 is 2.39 bits per heavy atom. The fourth-order valence-corrected chi connectivity index (χ4v) is 4.10. The number of hydrazine groups is 1. The molecule has 1 heterocycles. The zero-order valence-corrected chi connectivity index (χ0v) is 18.1. The van der Waals surface area contributed by atoms with Gasteiger partial charge in [-0.15, -0.1) is 0 Å². The summed E-state index contributed by atoms with van der Waals surface area (Å²) in [5, 5.41) is 0. The summed E-state index contributed by atoms with van der Waals surface area (Å²) in [5.41, 5.74) is 6.24. The standard InChI is InChI=1S/C21H24N4O5S/c1-24(2)31(29,30)18-6-3-5-16(14-18)21(28)23-22-19(26)13-15-8-10-17(11-9-15)25-12-4-7-20(25)27/h3,5-6,8-11,14H,4,7,12-13H2,1-2H3,(H,22,26)(H,23,28). The number of carbonyl (C=O) groups is 3. The molecule has 164 valence electrons. The van der Waals surface area contributed by atoms with E-state index in [4.69, 9.17) is 0 Å². The molecule has 1 aliphatic rings. The third-order valence-corrected chi connectivity index (χ3v) is 6.69. The van der Waals surface area contributed by atoms with Gasteiger partial charge in [0.2, 0.25) is 21.8 Å². The minimum absolute atomic E-state index is 0.0203. The summed E-state index contributed by atoms with van der Waals surface area (Å²) < 4.78 is 25.5. The number of hydrogen-bond donors (Lipinski definition) is 2. The zero-order chi connectivity index (χ0) is 22.6. The second-order valence-corrected chi connectivity index (χ2v) is 9.46. The molecule has 1 aliphatic heterocycles. The van der Waals surface area contributed by atoms with Crippen LogP contribution in [0.5, 0.6) is 0 Å². The van der Waals surface area contributed by atoms with Crippen molar-refractivity contribution in [2.75, 3.05) is 25.5 Å². The van der Waals surface area contributed by atoms with Crippen LogP contribution in [0, 0.1) is 0 Å². The van der Waals surface area contributed by atoms with E-state index in [2.05, 4.69) is 10.9 Å². The Kier molecular flexibility index (Phi) is 6.71. The van der Waals surface area contributed by atoms with Gasteiger partial charge in [-0.05, 0) is 42.3 Å². The van der Waals surface area contributed by atoms with Crippen molar-refractivity contribution in [3.8, 4) is 0 Å². The number of carbonyl (C=O) groups excluding carboxylic acids is 3. The van der Waals surface area contributed by atoms with E-state index in [0.717, 1.165) is 22.0 Å². The molecule has 2 aromatic rings. The van der Waals surface area contributed by atoms with Gasteiger partial charge in [0.05, 0.1) is 11.3 Å². The summed E-state index contributed by atoms with van der Waals surface area (Å²) in [7, 11) is -0.875. The Morgan fingerprint density at radius 1 is 1.06 bits per heavy atom. The van der Waals surface area contributed by atoms with E-state index in [-0.39, 0.29) is 22.8 Å². The van der Waals surface area contributed by atoms with Crippen molar-refractivity contribution in [2.24, 2.45) is 0 Å². The number of rotatable bonds is 6. The molecule has 0 aromatic heterocycles. The van der Waals surface area contributed by atoms with E-state index in [1.54, 1.807) is 29.2 Å². The van der Waals surface area contributed by atoms with E-state index < -0.39 is 21.8 Å². The van der Waals surface area contributed by atoms with E-state index in [0.29, 0.717) is 13.0 Å². The number of hydrogen-bond acceptors (Lipinski definition) is 5. The topological polar surface area (TPSA) is 116 Å². The van der Waals surface area contributed by atoms with Crippen LogP contribution >= 0.6 is 0 Å². The molecule has 31 heavy (non-hydrogen) atoms. The molecule has 3 rings (SSSR count). The molecule has 0 bridgehead atoms. The van der Waals surface area contributed by atoms with Gasteiger partial charge in [-0.2, -0.15) is 0 Å². The van der Waals surface area contributed by atoms with Crippen LogP contribution in [0.4, 0.5) is 5.69 Å². The quantitative estimate of drug-likeness (QED) is 0.647. The average molecular weight is 445 g/mol. The summed E-state index contributed by atoms with van der Waals surface area (Å²) >= 11 is 0. The van der Waals surface area contributed by atoms with Crippen molar-refractivity contribution in [1.82, 2.24) is 15.2 Å². The molecular weight excluding hydrogens is 420 g/mol. The molecule has 1 saturated heterocycles. The van der Waals surface area contributed by atoms with Gasteiger partial charge in [0.1, 0.15) is 0 Å². The second-order valence-electron chi connectivity index (χ2n) is 7.31. The molecule has 3 amide bonds. The molecule has 0 spiro atoms. The molecule has 2 N–H and O–H groups in total. The predicted molar refractivity (Wildman–Crippen MR) is 115 cm³/mol. The molecule has 2 aromatic carbocycles. The summed E-state index contributed by atoms with van der Waals surface area (Å²) in [6.07, 6.45) is 1.42. The molecule has 10 heteroatoms. The lowest BCUT2D eigenvalue weighted by molar-refractivity contribution is -0.121. The maximum absolute atomic E-state index is 12.3. The number of anilines is 1. The van der Waals surface area contributed by atoms with Crippen molar-refractivity contribution >= 4 is 33.4 Å². The first kappa shape index (κ1) is 22.4. The van der Waals surface area contributed by atoms with Crippen molar-refractivity contribution in [1.29, 1.82) is 0 Å². The van der Waals surface area contributed by atoms with E-state index in [9.17, 15) is 22.8 Å². The van der Waals surface area contributed by atoms with Crippen LogP contribution in [0.3, 0.4) is 0 Å². The van der Waals surface area contributed by atoms with Gasteiger partial charge in [0, 0.05) is 38.3 Å². The van der Waals surface area contributed by atoms with E-state index >= 15 is 0 Å². The Balaban J connectivity index is 1.56. The highest BCUT2D eigenvalue weighted by atomic mass is 32.2. The highest BCUT2D eigenvalue weighted by Crippen LogP contribution is 2.21. The van der Waals surface area contributed by atoms with Gasteiger partial charge >= 0.3 is 0 Å². The smallest absolute Gasteiger partial charge is 0.269 e.